The summed E-state index contributed by atoms with van der Waals surface area (Å²) in [7, 11) is 0. The molecule has 0 saturated heterocycles. The number of carbonyl (C=O) groups excluding carboxylic acids is 1. The normalized spacial score (nSPS) is 25.3. The molecule has 0 fully saturated rings. The van der Waals surface area contributed by atoms with Crippen LogP contribution in [-0.2, 0) is 9.53 Å². The lowest BCUT2D eigenvalue weighted by Crippen LogP contribution is -2.39. The molecule has 0 saturated carbocycles. The highest BCUT2D eigenvalue weighted by atomic mass is 16.5. The Bertz CT molecular complexity index is 328. The Kier molecular flexibility index (Phi) is 4.30. The number of carbonyl (C=O) groups is 1. The van der Waals surface area contributed by atoms with E-state index in [4.69, 9.17) is 4.74 Å². The highest BCUT2D eigenvalue weighted by Gasteiger charge is 2.38. The molecule has 2 heteroatoms. The van der Waals surface area contributed by atoms with Crippen LogP contribution in [0.25, 0.3) is 0 Å². The summed E-state index contributed by atoms with van der Waals surface area (Å²) in [6.07, 6.45) is 6.46. The molecule has 1 rings (SSSR count). The molecule has 0 N–H and O–H groups in total. The van der Waals surface area contributed by atoms with Gasteiger partial charge in [0.2, 0.25) is 0 Å². The van der Waals surface area contributed by atoms with Gasteiger partial charge in [0, 0.05) is 0 Å². The molecule has 0 aromatic heterocycles. The van der Waals surface area contributed by atoms with Gasteiger partial charge in [-0.15, -0.1) is 0 Å². The van der Waals surface area contributed by atoms with Gasteiger partial charge in [-0.05, 0) is 42.1 Å². The minimum absolute atomic E-state index is 0.107. The Morgan fingerprint density at radius 2 is 1.83 bits per heavy atom. The second-order valence-corrected chi connectivity index (χ2v) is 8.05. The van der Waals surface area contributed by atoms with E-state index in [1.54, 1.807) is 0 Å². The Hall–Kier alpha value is -0.790. The van der Waals surface area contributed by atoms with Gasteiger partial charge >= 0.3 is 0 Å². The first-order valence-electron chi connectivity index (χ1n) is 6.87. The quantitative estimate of drug-likeness (QED) is 0.692. The summed E-state index contributed by atoms with van der Waals surface area (Å²) in [5, 5.41) is 0. The van der Waals surface area contributed by atoms with Crippen LogP contribution in [0.2, 0.25) is 0 Å². The third-order valence-electron chi connectivity index (χ3n) is 3.13. The van der Waals surface area contributed by atoms with Crippen molar-refractivity contribution in [2.24, 2.45) is 10.8 Å². The maximum Gasteiger partial charge on any atom is 0.164 e. The first-order valence-corrected chi connectivity index (χ1v) is 6.87. The minimum atomic E-state index is -0.598. The zero-order valence-corrected chi connectivity index (χ0v) is 12.8. The van der Waals surface area contributed by atoms with Gasteiger partial charge in [-0.2, -0.15) is 0 Å². The van der Waals surface area contributed by atoms with Crippen molar-refractivity contribution in [2.75, 3.05) is 0 Å². The molecule has 0 aromatic rings. The van der Waals surface area contributed by atoms with E-state index in [9.17, 15) is 4.79 Å². The van der Waals surface area contributed by atoms with Crippen molar-refractivity contribution < 1.29 is 9.53 Å². The second kappa shape index (κ2) is 5.07. The Balaban J connectivity index is 2.72. The molecule has 1 atom stereocenters. The molecule has 0 aromatic carbocycles. The smallest absolute Gasteiger partial charge is 0.164 e. The van der Waals surface area contributed by atoms with Crippen molar-refractivity contribution in [1.29, 1.82) is 0 Å². The molecule has 0 aliphatic carbocycles. The molecule has 1 unspecified atom stereocenters. The van der Waals surface area contributed by atoms with Crippen LogP contribution in [0.3, 0.4) is 0 Å². The molecule has 0 spiro atoms. The van der Waals surface area contributed by atoms with Crippen molar-refractivity contribution in [1.82, 2.24) is 0 Å². The van der Waals surface area contributed by atoms with E-state index in [0.717, 1.165) is 32.0 Å². The topological polar surface area (TPSA) is 26.3 Å². The Labute approximate surface area is 112 Å². The second-order valence-electron chi connectivity index (χ2n) is 8.05. The van der Waals surface area contributed by atoms with Crippen molar-refractivity contribution in [3.8, 4) is 0 Å². The van der Waals surface area contributed by atoms with Crippen LogP contribution < -0.4 is 0 Å². The number of allylic oxidation sites excluding steroid dienone is 1. The monoisotopic (exact) mass is 252 g/mol. The van der Waals surface area contributed by atoms with Crippen LogP contribution in [0.4, 0.5) is 0 Å². The highest BCUT2D eigenvalue weighted by molar-refractivity contribution is 5.63. The summed E-state index contributed by atoms with van der Waals surface area (Å²) < 4.78 is 5.82. The van der Waals surface area contributed by atoms with Crippen LogP contribution >= 0.6 is 0 Å². The van der Waals surface area contributed by atoms with Crippen molar-refractivity contribution in [3.05, 3.63) is 11.8 Å². The molecular formula is C16H28O2. The maximum absolute atomic E-state index is 11.4. The fourth-order valence-corrected chi connectivity index (χ4v) is 2.66. The van der Waals surface area contributed by atoms with E-state index in [1.807, 2.05) is 6.26 Å². The average Bonchev–Trinajstić information content (AvgIpc) is 2.17. The van der Waals surface area contributed by atoms with Gasteiger partial charge in [-0.25, -0.2) is 0 Å². The molecule has 2 nitrogen and oxygen atoms in total. The molecule has 1 heterocycles. The third-order valence-corrected chi connectivity index (χ3v) is 3.13. The average molecular weight is 252 g/mol. The van der Waals surface area contributed by atoms with Gasteiger partial charge in [0.15, 0.2) is 11.9 Å². The van der Waals surface area contributed by atoms with E-state index in [-0.39, 0.29) is 10.8 Å². The third kappa shape index (κ3) is 4.83. The van der Waals surface area contributed by atoms with Gasteiger partial charge in [0.05, 0.1) is 6.26 Å². The van der Waals surface area contributed by atoms with E-state index >= 15 is 0 Å². The number of ether oxygens (including phenoxy) is 1. The standard InChI is InChI=1S/C16H28O2/c1-14(2,3)9-13-7-8-16(12-17,18-10-13)11-15(4,5)6/h10,12H,7-9,11H2,1-6H3. The summed E-state index contributed by atoms with van der Waals surface area (Å²) in [6, 6.07) is 0. The van der Waals surface area contributed by atoms with Gasteiger partial charge < -0.3 is 4.74 Å². The predicted molar refractivity (Wildman–Crippen MR) is 75.3 cm³/mol. The number of rotatable bonds is 3. The molecule has 1 aliphatic heterocycles. The molecule has 1 aliphatic rings. The van der Waals surface area contributed by atoms with Crippen LogP contribution in [0.5, 0.6) is 0 Å². The predicted octanol–water partition coefficient (Wildman–Crippen LogP) is 4.49. The SMILES string of the molecule is CC(C)(C)CC1=COC(C=O)(CC(C)(C)C)CC1. The summed E-state index contributed by atoms with van der Waals surface area (Å²) in [6.45, 7) is 13.1. The van der Waals surface area contributed by atoms with Gasteiger partial charge in [0.25, 0.3) is 0 Å². The minimum Gasteiger partial charge on any atom is -0.487 e. The van der Waals surface area contributed by atoms with Crippen molar-refractivity contribution in [3.63, 3.8) is 0 Å². The Morgan fingerprint density at radius 3 is 2.17 bits per heavy atom. The summed E-state index contributed by atoms with van der Waals surface area (Å²) in [5.41, 5.74) is 1.12. The lowest BCUT2D eigenvalue weighted by Gasteiger charge is -2.37. The van der Waals surface area contributed by atoms with E-state index < -0.39 is 5.60 Å². The fourth-order valence-electron chi connectivity index (χ4n) is 2.66. The summed E-state index contributed by atoms with van der Waals surface area (Å²) >= 11 is 0. The van der Waals surface area contributed by atoms with Crippen LogP contribution in [0, 0.1) is 10.8 Å². The van der Waals surface area contributed by atoms with Gasteiger partial charge in [-0.1, -0.05) is 41.5 Å². The van der Waals surface area contributed by atoms with Gasteiger partial charge in [0.1, 0.15) is 0 Å². The first kappa shape index (κ1) is 15.3. The lowest BCUT2D eigenvalue weighted by molar-refractivity contribution is -0.130. The van der Waals surface area contributed by atoms with Gasteiger partial charge in [-0.3, -0.25) is 4.79 Å². The zero-order chi connectivity index (χ0) is 14.0. The number of hydrogen-bond acceptors (Lipinski definition) is 2. The molecule has 104 valence electrons. The number of aldehydes is 1. The van der Waals surface area contributed by atoms with E-state index in [0.29, 0.717) is 0 Å². The Morgan fingerprint density at radius 1 is 1.22 bits per heavy atom. The van der Waals surface area contributed by atoms with Crippen LogP contribution in [0.1, 0.15) is 67.2 Å². The lowest BCUT2D eigenvalue weighted by atomic mass is 9.77. The number of hydrogen-bond donors (Lipinski definition) is 0. The molecule has 0 amide bonds. The zero-order valence-electron chi connectivity index (χ0n) is 12.8. The molecule has 0 radical (unpaired) electrons. The van der Waals surface area contributed by atoms with Crippen molar-refractivity contribution >= 4 is 6.29 Å². The van der Waals surface area contributed by atoms with Crippen LogP contribution in [-0.4, -0.2) is 11.9 Å². The summed E-state index contributed by atoms with van der Waals surface area (Å²) in [5.74, 6) is 0. The van der Waals surface area contributed by atoms with E-state index in [2.05, 4.69) is 41.5 Å². The first-order chi connectivity index (χ1) is 8.05. The largest absolute Gasteiger partial charge is 0.487 e. The molecule has 0 bridgehead atoms. The maximum atomic E-state index is 11.4. The highest BCUT2D eigenvalue weighted by Crippen LogP contribution is 2.38. The van der Waals surface area contributed by atoms with Crippen molar-refractivity contribution in [2.45, 2.75) is 72.8 Å². The van der Waals surface area contributed by atoms with Crippen LogP contribution in [0.15, 0.2) is 11.8 Å². The summed E-state index contributed by atoms with van der Waals surface area (Å²) in [4.78, 5) is 11.4. The molecular weight excluding hydrogens is 224 g/mol. The fraction of sp³-hybridized carbons (Fsp3) is 0.812. The molecule has 18 heavy (non-hydrogen) atoms. The van der Waals surface area contributed by atoms with E-state index in [1.165, 1.54) is 5.57 Å².